The minimum Gasteiger partial charge on any atom is -0.487 e. The van der Waals surface area contributed by atoms with Crippen LogP contribution in [0.15, 0.2) is 97.3 Å². The molecule has 3 amide bonds. The maximum absolute atomic E-state index is 13.0. The molecule has 0 aliphatic rings. The lowest BCUT2D eigenvalue weighted by Crippen LogP contribution is -2.37. The van der Waals surface area contributed by atoms with Crippen LogP contribution in [-0.4, -0.2) is 41.3 Å². The number of para-hydroxylation sites is 1. The molecule has 3 aromatic carbocycles. The molecule has 0 atom stereocenters. The van der Waals surface area contributed by atoms with E-state index in [4.69, 9.17) is 27.9 Å². The number of aryl methyl sites for hydroxylation is 1. The molecular weight excluding hydrogens is 625 g/mol. The summed E-state index contributed by atoms with van der Waals surface area (Å²) in [5.74, 6) is -0.530. The number of likely N-dealkylation sites (N-methyl/N-ethyl adjacent to an activating group) is 1. The van der Waals surface area contributed by atoms with Gasteiger partial charge in [-0.2, -0.15) is 0 Å². The van der Waals surface area contributed by atoms with Crippen molar-refractivity contribution in [1.82, 2.24) is 15.3 Å². The van der Waals surface area contributed by atoms with Crippen molar-refractivity contribution in [3.63, 3.8) is 0 Å². The maximum atomic E-state index is 13.0. The number of nitrogens with one attached hydrogen (secondary N) is 2. The molecule has 0 spiro atoms. The molecule has 5 rings (SSSR count). The van der Waals surface area contributed by atoms with Crippen LogP contribution in [0.1, 0.15) is 27.2 Å². The highest BCUT2D eigenvalue weighted by Crippen LogP contribution is 2.35. The van der Waals surface area contributed by atoms with Gasteiger partial charge in [0.1, 0.15) is 17.9 Å². The van der Waals surface area contributed by atoms with Crippen LogP contribution in [0.5, 0.6) is 5.75 Å². The predicted octanol–water partition coefficient (Wildman–Crippen LogP) is 6.87. The average Bonchev–Trinajstić information content (AvgIpc) is 3.07. The van der Waals surface area contributed by atoms with Crippen molar-refractivity contribution in [2.45, 2.75) is 13.5 Å². The maximum Gasteiger partial charge on any atom is 0.257 e. The van der Waals surface area contributed by atoms with Gasteiger partial charge in [-0.3, -0.25) is 19.4 Å². The first-order valence-corrected chi connectivity index (χ1v) is 14.9. The summed E-state index contributed by atoms with van der Waals surface area (Å²) in [6.45, 7) is 1.71. The molecule has 2 N–H and O–H groups in total. The highest BCUT2D eigenvalue weighted by atomic mass is 35.5. The fourth-order valence-corrected chi connectivity index (χ4v) is 5.09. The van der Waals surface area contributed by atoms with Gasteiger partial charge in [0, 0.05) is 52.9 Å². The summed E-state index contributed by atoms with van der Waals surface area (Å²) in [6.07, 6.45) is 6.00. The molecule has 9 nitrogen and oxygen atoms in total. The second-order valence-electron chi connectivity index (χ2n) is 10.2. The molecule has 0 fully saturated rings. The zero-order valence-electron chi connectivity index (χ0n) is 25.0. The Labute approximate surface area is 275 Å². The van der Waals surface area contributed by atoms with E-state index in [1.807, 2.05) is 37.3 Å². The van der Waals surface area contributed by atoms with Crippen LogP contribution in [0.4, 0.5) is 11.4 Å². The molecule has 0 saturated heterocycles. The number of amides is 3. The number of pyridine rings is 2. The minimum atomic E-state index is -0.453. The van der Waals surface area contributed by atoms with Crippen molar-refractivity contribution < 1.29 is 19.1 Å². The van der Waals surface area contributed by atoms with E-state index < -0.39 is 5.91 Å². The van der Waals surface area contributed by atoms with E-state index in [1.54, 1.807) is 67.9 Å². The first-order chi connectivity index (χ1) is 22.2. The normalized spacial score (nSPS) is 11.0. The largest absolute Gasteiger partial charge is 0.487 e. The highest BCUT2D eigenvalue weighted by molar-refractivity contribution is 6.38. The minimum absolute atomic E-state index is 0.0572. The van der Waals surface area contributed by atoms with Crippen molar-refractivity contribution in [1.29, 1.82) is 0 Å². The molecule has 232 valence electrons. The van der Waals surface area contributed by atoms with E-state index in [9.17, 15) is 14.4 Å². The van der Waals surface area contributed by atoms with Crippen LogP contribution in [0.25, 0.3) is 17.0 Å². The van der Waals surface area contributed by atoms with Crippen molar-refractivity contribution in [3.8, 4) is 5.75 Å². The quantitative estimate of drug-likeness (QED) is 0.159. The lowest BCUT2D eigenvalue weighted by molar-refractivity contribution is -0.122. The lowest BCUT2D eigenvalue weighted by Gasteiger charge is -2.21. The van der Waals surface area contributed by atoms with E-state index in [2.05, 4.69) is 20.6 Å². The molecule has 5 aromatic rings. The smallest absolute Gasteiger partial charge is 0.257 e. The average molecular weight is 655 g/mol. The number of nitrogens with zero attached hydrogens (tertiary/aromatic N) is 3. The SMILES string of the molecule is Cc1ccc2cccc(OCc3c(Cl)ccc(N(C)C(=O)CNC(=O)/C=C/c4ccc(NC(=O)c5cccnc5)cc4)c3Cl)c2n1. The standard InChI is InChI=1S/C35H29Cl2N5O4/c1-22-8-12-24-5-3-7-30(34(24)40-22)46-21-27-28(36)15-16-29(33(27)37)42(2)32(44)20-39-31(43)17-11-23-9-13-26(14-10-23)41-35(45)25-6-4-18-38-19-25/h3-19H,20-21H2,1-2H3,(H,39,43)(H,41,45)/b17-11+. The van der Waals surface area contributed by atoms with Gasteiger partial charge >= 0.3 is 0 Å². The van der Waals surface area contributed by atoms with E-state index in [1.165, 1.54) is 17.2 Å². The number of carbonyl (C=O) groups is 3. The first kappa shape index (κ1) is 32.2. The first-order valence-electron chi connectivity index (χ1n) is 14.2. The van der Waals surface area contributed by atoms with Crippen LogP contribution in [0, 0.1) is 6.92 Å². The van der Waals surface area contributed by atoms with E-state index in [0.717, 1.165) is 22.2 Å². The summed E-state index contributed by atoms with van der Waals surface area (Å²) in [5, 5.41) is 6.98. The number of carbonyl (C=O) groups excluding carboxylic acids is 3. The fourth-order valence-electron chi connectivity index (χ4n) is 4.48. The van der Waals surface area contributed by atoms with Crippen LogP contribution < -0.4 is 20.3 Å². The number of aromatic nitrogens is 2. The van der Waals surface area contributed by atoms with Crippen LogP contribution in [-0.2, 0) is 16.2 Å². The van der Waals surface area contributed by atoms with Gasteiger partial charge in [0.05, 0.1) is 22.8 Å². The molecule has 11 heteroatoms. The lowest BCUT2D eigenvalue weighted by atomic mass is 10.1. The Balaban J connectivity index is 1.16. The zero-order chi connectivity index (χ0) is 32.6. The fraction of sp³-hybridized carbons (Fsp3) is 0.114. The Morgan fingerprint density at radius 2 is 1.76 bits per heavy atom. The van der Waals surface area contributed by atoms with Gasteiger partial charge in [0.15, 0.2) is 0 Å². The predicted molar refractivity (Wildman–Crippen MR) is 181 cm³/mol. The summed E-state index contributed by atoms with van der Waals surface area (Å²) in [7, 11) is 1.57. The van der Waals surface area contributed by atoms with Crippen LogP contribution in [0.3, 0.4) is 0 Å². The second-order valence-corrected chi connectivity index (χ2v) is 11.0. The summed E-state index contributed by atoms with van der Waals surface area (Å²) in [6, 6.07) is 23.2. The number of fused-ring (bicyclic) bond motifs is 1. The van der Waals surface area contributed by atoms with Crippen molar-refractivity contribution in [2.24, 2.45) is 0 Å². The van der Waals surface area contributed by atoms with Crippen molar-refractivity contribution in [3.05, 3.63) is 130 Å². The van der Waals surface area contributed by atoms with Crippen molar-refractivity contribution in [2.75, 3.05) is 23.8 Å². The molecule has 0 aliphatic carbocycles. The molecular formula is C35H29Cl2N5O4. The molecule has 0 bridgehead atoms. The Kier molecular flexibility index (Phi) is 10.3. The van der Waals surface area contributed by atoms with Crippen LogP contribution in [0.2, 0.25) is 10.0 Å². The molecule has 0 unspecified atom stereocenters. The Hall–Kier alpha value is -5.25. The van der Waals surface area contributed by atoms with Gasteiger partial charge in [-0.1, -0.05) is 53.5 Å². The molecule has 2 heterocycles. The van der Waals surface area contributed by atoms with Gasteiger partial charge < -0.3 is 20.3 Å². The summed E-state index contributed by atoms with van der Waals surface area (Å²) in [5.41, 5.74) is 4.30. The Bertz CT molecular complexity index is 1930. The molecule has 46 heavy (non-hydrogen) atoms. The third-order valence-corrected chi connectivity index (χ3v) is 7.80. The van der Waals surface area contributed by atoms with E-state index in [0.29, 0.717) is 33.3 Å². The monoisotopic (exact) mass is 653 g/mol. The van der Waals surface area contributed by atoms with Crippen LogP contribution >= 0.6 is 23.2 Å². The molecule has 0 radical (unpaired) electrons. The molecule has 0 saturated carbocycles. The number of hydrogen-bond acceptors (Lipinski definition) is 6. The van der Waals surface area contributed by atoms with Gasteiger partial charge in [-0.15, -0.1) is 0 Å². The Morgan fingerprint density at radius 3 is 2.52 bits per heavy atom. The molecule has 0 aliphatic heterocycles. The highest BCUT2D eigenvalue weighted by Gasteiger charge is 2.19. The topological polar surface area (TPSA) is 114 Å². The summed E-state index contributed by atoms with van der Waals surface area (Å²) in [4.78, 5) is 47.6. The number of hydrogen-bond donors (Lipinski definition) is 2. The zero-order valence-corrected chi connectivity index (χ0v) is 26.5. The number of benzene rings is 3. The number of anilines is 2. The van der Waals surface area contributed by atoms with Gasteiger partial charge in [0.25, 0.3) is 5.91 Å². The van der Waals surface area contributed by atoms with E-state index >= 15 is 0 Å². The van der Waals surface area contributed by atoms with Gasteiger partial charge in [0.2, 0.25) is 11.8 Å². The van der Waals surface area contributed by atoms with Gasteiger partial charge in [-0.25, -0.2) is 4.98 Å². The van der Waals surface area contributed by atoms with Gasteiger partial charge in [-0.05, 0) is 67.1 Å². The van der Waals surface area contributed by atoms with Crippen molar-refractivity contribution >= 4 is 69.3 Å². The second kappa shape index (κ2) is 14.7. The number of ether oxygens (including phenoxy) is 1. The third kappa shape index (κ3) is 7.87. The third-order valence-electron chi connectivity index (χ3n) is 7.03. The molecule has 2 aromatic heterocycles. The summed E-state index contributed by atoms with van der Waals surface area (Å²) < 4.78 is 6.08. The Morgan fingerprint density at radius 1 is 0.957 bits per heavy atom. The summed E-state index contributed by atoms with van der Waals surface area (Å²) >= 11 is 13.2. The number of rotatable bonds is 10. The number of halogens is 2. The van der Waals surface area contributed by atoms with E-state index in [-0.39, 0.29) is 30.0 Å².